The van der Waals surface area contributed by atoms with Crippen LogP contribution in [0.3, 0.4) is 0 Å². The zero-order chi connectivity index (χ0) is 13.4. The van der Waals surface area contributed by atoms with Gasteiger partial charge >= 0.3 is 0 Å². The SMILES string of the molecule is C[C@H](N)C(=O)Nc1ccc2c(c1)Cc1ccccc1-2. The first-order valence-corrected chi connectivity index (χ1v) is 6.43. The molecule has 19 heavy (non-hydrogen) atoms. The largest absolute Gasteiger partial charge is 0.325 e. The molecule has 1 aliphatic rings. The molecule has 0 saturated heterocycles. The number of nitrogens with one attached hydrogen (secondary N) is 1. The van der Waals surface area contributed by atoms with E-state index in [4.69, 9.17) is 5.73 Å². The molecule has 96 valence electrons. The smallest absolute Gasteiger partial charge is 0.240 e. The second-order valence-corrected chi connectivity index (χ2v) is 4.98. The van der Waals surface area contributed by atoms with Crippen LogP contribution >= 0.6 is 0 Å². The van der Waals surface area contributed by atoms with E-state index in [-0.39, 0.29) is 5.91 Å². The topological polar surface area (TPSA) is 55.1 Å². The lowest BCUT2D eigenvalue weighted by Crippen LogP contribution is -2.32. The first-order chi connectivity index (χ1) is 9.15. The Morgan fingerprint density at radius 3 is 2.68 bits per heavy atom. The Bertz CT molecular complexity index is 647. The molecule has 0 heterocycles. The molecule has 0 aromatic heterocycles. The monoisotopic (exact) mass is 252 g/mol. The quantitative estimate of drug-likeness (QED) is 0.736. The lowest BCUT2D eigenvalue weighted by atomic mass is 10.1. The minimum absolute atomic E-state index is 0.157. The highest BCUT2D eigenvalue weighted by molar-refractivity contribution is 5.95. The number of hydrogen-bond acceptors (Lipinski definition) is 2. The van der Waals surface area contributed by atoms with E-state index in [1.807, 2.05) is 12.1 Å². The molecule has 3 rings (SSSR count). The number of carbonyl (C=O) groups excluding carboxylic acids is 1. The van der Waals surface area contributed by atoms with Gasteiger partial charge in [-0.15, -0.1) is 0 Å². The van der Waals surface area contributed by atoms with Crippen molar-refractivity contribution in [3.05, 3.63) is 53.6 Å². The van der Waals surface area contributed by atoms with Crippen LogP contribution in [-0.4, -0.2) is 11.9 Å². The van der Waals surface area contributed by atoms with E-state index in [0.717, 1.165) is 12.1 Å². The average molecular weight is 252 g/mol. The molecule has 1 atom stereocenters. The number of nitrogens with two attached hydrogens (primary N) is 1. The van der Waals surface area contributed by atoms with E-state index in [9.17, 15) is 4.79 Å². The van der Waals surface area contributed by atoms with Crippen molar-refractivity contribution >= 4 is 11.6 Å². The summed E-state index contributed by atoms with van der Waals surface area (Å²) in [6, 6.07) is 13.9. The lowest BCUT2D eigenvalue weighted by molar-refractivity contribution is -0.117. The maximum Gasteiger partial charge on any atom is 0.240 e. The van der Waals surface area contributed by atoms with Crippen LogP contribution in [0, 0.1) is 0 Å². The highest BCUT2D eigenvalue weighted by atomic mass is 16.2. The van der Waals surface area contributed by atoms with E-state index in [2.05, 4.69) is 35.6 Å². The Morgan fingerprint density at radius 1 is 1.16 bits per heavy atom. The predicted molar refractivity (Wildman–Crippen MR) is 77.0 cm³/mol. The lowest BCUT2D eigenvalue weighted by Gasteiger charge is -2.09. The van der Waals surface area contributed by atoms with Gasteiger partial charge < -0.3 is 11.1 Å². The molecule has 3 nitrogen and oxygen atoms in total. The number of anilines is 1. The summed E-state index contributed by atoms with van der Waals surface area (Å²) in [5, 5.41) is 2.83. The van der Waals surface area contributed by atoms with E-state index in [1.54, 1.807) is 6.92 Å². The van der Waals surface area contributed by atoms with Gasteiger partial charge in [0.25, 0.3) is 0 Å². The molecule has 0 bridgehead atoms. The van der Waals surface area contributed by atoms with Gasteiger partial charge in [0.1, 0.15) is 0 Å². The summed E-state index contributed by atoms with van der Waals surface area (Å²) in [7, 11) is 0. The minimum Gasteiger partial charge on any atom is -0.325 e. The summed E-state index contributed by atoms with van der Waals surface area (Å²) in [6.45, 7) is 1.68. The molecule has 1 amide bonds. The van der Waals surface area contributed by atoms with Crippen LogP contribution in [0.1, 0.15) is 18.1 Å². The molecule has 2 aromatic carbocycles. The van der Waals surface area contributed by atoms with Crippen LogP contribution in [0.2, 0.25) is 0 Å². The van der Waals surface area contributed by atoms with Crippen molar-refractivity contribution in [3.63, 3.8) is 0 Å². The number of hydrogen-bond donors (Lipinski definition) is 2. The van der Waals surface area contributed by atoms with Crippen LogP contribution < -0.4 is 11.1 Å². The molecule has 0 radical (unpaired) electrons. The molecule has 0 spiro atoms. The maximum atomic E-state index is 11.6. The fourth-order valence-electron chi connectivity index (χ4n) is 2.48. The van der Waals surface area contributed by atoms with Crippen LogP contribution in [0.15, 0.2) is 42.5 Å². The van der Waals surface area contributed by atoms with Gasteiger partial charge in [0.05, 0.1) is 6.04 Å². The van der Waals surface area contributed by atoms with Crippen molar-refractivity contribution in [1.29, 1.82) is 0 Å². The van der Waals surface area contributed by atoms with Gasteiger partial charge in [0.2, 0.25) is 5.91 Å². The normalized spacial score (nSPS) is 13.6. The van der Waals surface area contributed by atoms with E-state index in [1.165, 1.54) is 22.3 Å². The fraction of sp³-hybridized carbons (Fsp3) is 0.188. The molecule has 3 heteroatoms. The van der Waals surface area contributed by atoms with E-state index >= 15 is 0 Å². The van der Waals surface area contributed by atoms with Crippen molar-refractivity contribution in [2.24, 2.45) is 5.73 Å². The molecule has 0 fully saturated rings. The molecular formula is C16H16N2O. The summed E-state index contributed by atoms with van der Waals surface area (Å²) >= 11 is 0. The van der Waals surface area contributed by atoms with E-state index < -0.39 is 6.04 Å². The van der Waals surface area contributed by atoms with Gasteiger partial charge in [-0.1, -0.05) is 30.3 Å². The average Bonchev–Trinajstić information content (AvgIpc) is 2.76. The Kier molecular flexibility index (Phi) is 2.84. The second kappa shape index (κ2) is 4.52. The van der Waals surface area contributed by atoms with E-state index in [0.29, 0.717) is 0 Å². The molecule has 1 aliphatic carbocycles. The van der Waals surface area contributed by atoms with Crippen LogP contribution in [0.4, 0.5) is 5.69 Å². The number of fused-ring (bicyclic) bond motifs is 3. The third-order valence-corrected chi connectivity index (χ3v) is 3.47. The zero-order valence-electron chi connectivity index (χ0n) is 10.8. The van der Waals surface area contributed by atoms with Gasteiger partial charge in [-0.2, -0.15) is 0 Å². The van der Waals surface area contributed by atoms with Gasteiger partial charge in [0.15, 0.2) is 0 Å². The highest BCUT2D eigenvalue weighted by Crippen LogP contribution is 2.37. The molecule has 0 aliphatic heterocycles. The Hall–Kier alpha value is -2.13. The first kappa shape index (κ1) is 11.9. The maximum absolute atomic E-state index is 11.6. The third-order valence-electron chi connectivity index (χ3n) is 3.47. The van der Waals surface area contributed by atoms with Crippen molar-refractivity contribution in [3.8, 4) is 11.1 Å². The van der Waals surface area contributed by atoms with Gasteiger partial charge in [-0.25, -0.2) is 0 Å². The Morgan fingerprint density at radius 2 is 1.89 bits per heavy atom. The molecular weight excluding hydrogens is 236 g/mol. The summed E-state index contributed by atoms with van der Waals surface area (Å²) in [4.78, 5) is 11.6. The van der Waals surface area contributed by atoms with Crippen molar-refractivity contribution in [2.45, 2.75) is 19.4 Å². The van der Waals surface area contributed by atoms with Crippen molar-refractivity contribution in [1.82, 2.24) is 0 Å². The summed E-state index contributed by atoms with van der Waals surface area (Å²) in [6.07, 6.45) is 0.924. The fourth-order valence-corrected chi connectivity index (χ4v) is 2.48. The van der Waals surface area contributed by atoms with Gasteiger partial charge in [-0.05, 0) is 47.7 Å². The molecule has 0 unspecified atom stereocenters. The summed E-state index contributed by atoms with van der Waals surface area (Å²) < 4.78 is 0. The summed E-state index contributed by atoms with van der Waals surface area (Å²) in [5.74, 6) is -0.157. The van der Waals surface area contributed by atoms with Crippen LogP contribution in [-0.2, 0) is 11.2 Å². The zero-order valence-corrected chi connectivity index (χ0v) is 10.8. The number of rotatable bonds is 2. The van der Waals surface area contributed by atoms with Crippen LogP contribution in [0.25, 0.3) is 11.1 Å². The molecule has 2 aromatic rings. The second-order valence-electron chi connectivity index (χ2n) is 4.98. The predicted octanol–water partition coefficient (Wildman–Crippen LogP) is 2.54. The van der Waals surface area contributed by atoms with Crippen LogP contribution in [0.5, 0.6) is 0 Å². The van der Waals surface area contributed by atoms with Gasteiger partial charge in [0, 0.05) is 5.69 Å². The Balaban J connectivity index is 1.91. The third kappa shape index (κ3) is 2.13. The minimum atomic E-state index is -0.495. The first-order valence-electron chi connectivity index (χ1n) is 6.43. The number of amides is 1. The Labute approximate surface area is 112 Å². The molecule has 3 N–H and O–H groups in total. The number of carbonyl (C=O) groups is 1. The molecule has 0 saturated carbocycles. The van der Waals surface area contributed by atoms with Crippen molar-refractivity contribution < 1.29 is 4.79 Å². The van der Waals surface area contributed by atoms with Crippen molar-refractivity contribution in [2.75, 3.05) is 5.32 Å². The summed E-state index contributed by atoms with van der Waals surface area (Å²) in [5.41, 5.74) is 11.5. The standard InChI is InChI=1S/C16H16N2O/c1-10(17)16(19)18-13-6-7-15-12(9-13)8-11-4-2-3-5-14(11)15/h2-7,9-10H,8,17H2,1H3,(H,18,19)/t10-/m0/s1. The van der Waals surface area contributed by atoms with Gasteiger partial charge in [-0.3, -0.25) is 4.79 Å². The highest BCUT2D eigenvalue weighted by Gasteiger charge is 2.18. The number of benzene rings is 2.